The maximum Gasteiger partial charge on any atom is 0.148 e. The van der Waals surface area contributed by atoms with Crippen molar-refractivity contribution in [2.24, 2.45) is 7.05 Å². The third kappa shape index (κ3) is 3.41. The zero-order valence-corrected chi connectivity index (χ0v) is 11.9. The summed E-state index contributed by atoms with van der Waals surface area (Å²) >= 11 is 0. The zero-order chi connectivity index (χ0) is 13.7. The van der Waals surface area contributed by atoms with Gasteiger partial charge in [0.05, 0.1) is 6.20 Å². The van der Waals surface area contributed by atoms with Crippen LogP contribution < -0.4 is 5.32 Å². The predicted molar refractivity (Wildman–Crippen MR) is 73.7 cm³/mol. The molecule has 0 saturated carbocycles. The number of aryl methyl sites for hydroxylation is 1. The van der Waals surface area contributed by atoms with E-state index < -0.39 is 0 Å². The summed E-state index contributed by atoms with van der Waals surface area (Å²) in [7, 11) is 1.89. The van der Waals surface area contributed by atoms with E-state index >= 15 is 0 Å². The van der Waals surface area contributed by atoms with Crippen LogP contribution in [0.1, 0.15) is 44.1 Å². The molecule has 6 heteroatoms. The van der Waals surface area contributed by atoms with Crippen LogP contribution in [-0.2, 0) is 13.6 Å². The normalized spacial score (nSPS) is 12.8. The maximum atomic E-state index is 4.40. The first kappa shape index (κ1) is 13.7. The highest BCUT2D eigenvalue weighted by Gasteiger charge is 2.11. The van der Waals surface area contributed by atoms with Crippen molar-refractivity contribution in [1.29, 1.82) is 0 Å². The lowest BCUT2D eigenvalue weighted by molar-refractivity contribution is 0.517. The highest BCUT2D eigenvalue weighted by Crippen LogP contribution is 2.15. The third-order valence-corrected chi connectivity index (χ3v) is 3.21. The van der Waals surface area contributed by atoms with Gasteiger partial charge < -0.3 is 5.32 Å². The van der Waals surface area contributed by atoms with Gasteiger partial charge in [-0.1, -0.05) is 13.8 Å². The van der Waals surface area contributed by atoms with Crippen LogP contribution in [0.5, 0.6) is 0 Å². The van der Waals surface area contributed by atoms with Crippen molar-refractivity contribution in [3.8, 4) is 0 Å². The van der Waals surface area contributed by atoms with Gasteiger partial charge in [-0.3, -0.25) is 9.36 Å². The molecule has 0 aliphatic carbocycles. The van der Waals surface area contributed by atoms with Crippen molar-refractivity contribution in [3.63, 3.8) is 0 Å². The number of nitrogens with one attached hydrogen (secondary N) is 1. The van der Waals surface area contributed by atoms with Crippen LogP contribution in [0.2, 0.25) is 0 Å². The molecule has 0 bridgehead atoms. The first-order chi connectivity index (χ1) is 9.24. The van der Waals surface area contributed by atoms with Gasteiger partial charge >= 0.3 is 0 Å². The molecule has 2 heterocycles. The number of nitrogens with zero attached hydrogens (tertiary/aromatic N) is 5. The van der Waals surface area contributed by atoms with Gasteiger partial charge in [0, 0.05) is 24.8 Å². The quantitative estimate of drug-likeness (QED) is 0.821. The summed E-state index contributed by atoms with van der Waals surface area (Å²) in [4.78, 5) is 4.21. The number of aromatic nitrogens is 5. The molecule has 1 N–H and O–H groups in total. The number of rotatable bonds is 7. The van der Waals surface area contributed by atoms with Crippen LogP contribution in [0.4, 0.5) is 0 Å². The second-order valence-electron chi connectivity index (χ2n) is 4.69. The maximum absolute atomic E-state index is 4.40. The van der Waals surface area contributed by atoms with Crippen molar-refractivity contribution in [2.75, 3.05) is 6.54 Å². The van der Waals surface area contributed by atoms with Crippen LogP contribution >= 0.6 is 0 Å². The molecule has 0 fully saturated rings. The van der Waals surface area contributed by atoms with E-state index in [1.165, 1.54) is 5.56 Å². The molecule has 0 aliphatic rings. The smallest absolute Gasteiger partial charge is 0.148 e. The largest absolute Gasteiger partial charge is 0.310 e. The molecule has 2 aromatic heterocycles. The Hall–Kier alpha value is -1.69. The Morgan fingerprint density at radius 3 is 2.79 bits per heavy atom. The Morgan fingerprint density at radius 2 is 2.16 bits per heavy atom. The summed E-state index contributed by atoms with van der Waals surface area (Å²) in [5.41, 5.74) is 1.23. The lowest BCUT2D eigenvalue weighted by Gasteiger charge is -2.14. The summed E-state index contributed by atoms with van der Waals surface area (Å²) in [6, 6.07) is 0.383. The number of hydrogen-bond acceptors (Lipinski definition) is 4. The van der Waals surface area contributed by atoms with Crippen molar-refractivity contribution in [1.82, 2.24) is 29.9 Å². The van der Waals surface area contributed by atoms with Crippen LogP contribution in [0.3, 0.4) is 0 Å². The SMILES string of the molecule is CCCNC(CC)c1cnn(Cc2ncnn2C)c1. The minimum atomic E-state index is 0.383. The summed E-state index contributed by atoms with van der Waals surface area (Å²) in [5, 5.41) is 12.0. The van der Waals surface area contributed by atoms with Crippen LogP contribution in [0.25, 0.3) is 0 Å². The molecule has 104 valence electrons. The van der Waals surface area contributed by atoms with E-state index in [1.54, 1.807) is 11.0 Å². The molecule has 0 amide bonds. The van der Waals surface area contributed by atoms with Gasteiger partial charge in [-0.15, -0.1) is 0 Å². The van der Waals surface area contributed by atoms with Gasteiger partial charge in [0.2, 0.25) is 0 Å². The second kappa shape index (κ2) is 6.47. The van der Waals surface area contributed by atoms with Gasteiger partial charge in [-0.25, -0.2) is 4.98 Å². The molecule has 1 atom stereocenters. The highest BCUT2D eigenvalue weighted by atomic mass is 15.3. The molecule has 0 saturated heterocycles. The van der Waals surface area contributed by atoms with Crippen molar-refractivity contribution >= 4 is 0 Å². The van der Waals surface area contributed by atoms with Gasteiger partial charge in [0.25, 0.3) is 0 Å². The monoisotopic (exact) mass is 262 g/mol. The molecule has 2 aromatic rings. The molecule has 2 rings (SSSR count). The fourth-order valence-corrected chi connectivity index (χ4v) is 2.07. The van der Waals surface area contributed by atoms with E-state index in [4.69, 9.17) is 0 Å². The highest BCUT2D eigenvalue weighted by molar-refractivity contribution is 5.10. The lowest BCUT2D eigenvalue weighted by atomic mass is 10.1. The van der Waals surface area contributed by atoms with E-state index in [1.807, 2.05) is 17.9 Å². The van der Waals surface area contributed by atoms with Crippen molar-refractivity contribution in [3.05, 3.63) is 30.1 Å². The van der Waals surface area contributed by atoms with E-state index in [2.05, 4.69) is 40.5 Å². The molecule has 0 radical (unpaired) electrons. The Kier molecular flexibility index (Phi) is 4.68. The first-order valence-corrected chi connectivity index (χ1v) is 6.83. The fraction of sp³-hybridized carbons (Fsp3) is 0.615. The topological polar surface area (TPSA) is 60.6 Å². The third-order valence-electron chi connectivity index (χ3n) is 3.21. The van der Waals surface area contributed by atoms with E-state index in [0.717, 1.165) is 25.2 Å². The summed E-state index contributed by atoms with van der Waals surface area (Å²) in [5.74, 6) is 0.907. The Labute approximate surface area is 113 Å². The molecule has 19 heavy (non-hydrogen) atoms. The molecule has 0 aliphatic heterocycles. The molecule has 0 aromatic carbocycles. The van der Waals surface area contributed by atoms with E-state index in [-0.39, 0.29) is 0 Å². The Morgan fingerprint density at radius 1 is 1.32 bits per heavy atom. The van der Waals surface area contributed by atoms with Gasteiger partial charge in [-0.05, 0) is 19.4 Å². The Balaban J connectivity index is 2.03. The summed E-state index contributed by atoms with van der Waals surface area (Å²) < 4.78 is 3.68. The molecule has 6 nitrogen and oxygen atoms in total. The predicted octanol–water partition coefficient (Wildman–Crippen LogP) is 1.51. The van der Waals surface area contributed by atoms with Gasteiger partial charge in [0.1, 0.15) is 18.7 Å². The molecular formula is C13H22N6. The lowest BCUT2D eigenvalue weighted by Crippen LogP contribution is -2.21. The van der Waals surface area contributed by atoms with Crippen LogP contribution in [-0.4, -0.2) is 31.1 Å². The zero-order valence-electron chi connectivity index (χ0n) is 11.9. The van der Waals surface area contributed by atoms with Crippen LogP contribution in [0.15, 0.2) is 18.7 Å². The fourth-order valence-electron chi connectivity index (χ4n) is 2.07. The second-order valence-corrected chi connectivity index (χ2v) is 4.69. The van der Waals surface area contributed by atoms with Crippen LogP contribution in [0, 0.1) is 0 Å². The average molecular weight is 262 g/mol. The first-order valence-electron chi connectivity index (χ1n) is 6.83. The van der Waals surface area contributed by atoms with Gasteiger partial charge in [0.15, 0.2) is 0 Å². The molecule has 1 unspecified atom stereocenters. The average Bonchev–Trinajstić information content (AvgIpc) is 3.02. The summed E-state index contributed by atoms with van der Waals surface area (Å²) in [6.07, 6.45) is 7.80. The van der Waals surface area contributed by atoms with E-state index in [9.17, 15) is 0 Å². The number of hydrogen-bond donors (Lipinski definition) is 1. The molecule has 0 spiro atoms. The van der Waals surface area contributed by atoms with E-state index in [0.29, 0.717) is 12.6 Å². The Bertz CT molecular complexity index is 501. The molecular weight excluding hydrogens is 240 g/mol. The van der Waals surface area contributed by atoms with Gasteiger partial charge in [-0.2, -0.15) is 10.2 Å². The summed E-state index contributed by atoms with van der Waals surface area (Å²) in [6.45, 7) is 6.05. The van der Waals surface area contributed by atoms with Crippen molar-refractivity contribution < 1.29 is 0 Å². The standard InChI is InChI=1S/C13H22N6/c1-4-6-14-12(5-2)11-7-16-19(8-11)9-13-15-10-17-18(13)3/h7-8,10,12,14H,4-6,9H2,1-3H3. The minimum absolute atomic E-state index is 0.383. The van der Waals surface area contributed by atoms with Crippen molar-refractivity contribution in [2.45, 2.75) is 39.3 Å². The minimum Gasteiger partial charge on any atom is -0.310 e.